The van der Waals surface area contributed by atoms with Crippen LogP contribution in [-0.2, 0) is 19.1 Å². The number of hydrogen-bond acceptors (Lipinski definition) is 5. The lowest BCUT2D eigenvalue weighted by molar-refractivity contribution is -0.142. The Morgan fingerprint density at radius 3 is 2.56 bits per heavy atom. The molecule has 2 fully saturated rings. The molecule has 2 rings (SSSR count). The predicted octanol–water partition coefficient (Wildman–Crippen LogP) is -0.217. The number of hydrogen-bond donors (Lipinski definition) is 2. The maximum absolute atomic E-state index is 12.4. The first kappa shape index (κ1) is 19.7. The Morgan fingerprint density at radius 1 is 1.28 bits per heavy atom. The number of aliphatic carboxylic acids is 1. The zero-order valence-corrected chi connectivity index (χ0v) is 15.1. The van der Waals surface area contributed by atoms with Crippen LogP contribution in [0.3, 0.4) is 0 Å². The van der Waals surface area contributed by atoms with Crippen molar-refractivity contribution in [2.45, 2.75) is 32.7 Å². The number of carbonyl (C=O) groups excluding carboxylic acids is 2. The van der Waals surface area contributed by atoms with Gasteiger partial charge in [0.1, 0.15) is 6.04 Å². The van der Waals surface area contributed by atoms with Crippen LogP contribution in [-0.4, -0.2) is 84.7 Å². The lowest BCUT2D eigenvalue weighted by atomic mass is 10.0. The van der Waals surface area contributed by atoms with Gasteiger partial charge in [-0.3, -0.25) is 14.5 Å². The second kappa shape index (κ2) is 9.15. The summed E-state index contributed by atoms with van der Waals surface area (Å²) in [5, 5.41) is 11.8. The van der Waals surface area contributed by atoms with Gasteiger partial charge in [-0.2, -0.15) is 0 Å². The first-order valence-corrected chi connectivity index (χ1v) is 8.98. The largest absolute Gasteiger partial charge is 0.480 e. The molecule has 2 heterocycles. The molecule has 0 saturated carbocycles. The minimum atomic E-state index is -1.03. The highest BCUT2D eigenvalue weighted by Crippen LogP contribution is 2.18. The van der Waals surface area contributed by atoms with Crippen LogP contribution < -0.4 is 5.32 Å². The summed E-state index contributed by atoms with van der Waals surface area (Å²) in [6.07, 6.45) is 0.533. The molecule has 25 heavy (non-hydrogen) atoms. The maximum atomic E-state index is 12.4. The predicted molar refractivity (Wildman–Crippen MR) is 91.0 cm³/mol. The van der Waals surface area contributed by atoms with E-state index in [0.29, 0.717) is 32.7 Å². The standard InChI is InChI=1S/C17H29N3O5/c1-12(2)9-14(17(23)24)18-16(22)13-10-15(21)20(11-13)4-3-19-5-7-25-8-6-19/h12-14H,3-11H2,1-2H3,(H,18,22)(H,23,24)/t13?,14-/m1/s1. The molecule has 2 amide bonds. The van der Waals surface area contributed by atoms with Crippen molar-refractivity contribution in [1.82, 2.24) is 15.1 Å². The number of carbonyl (C=O) groups is 3. The zero-order valence-electron chi connectivity index (χ0n) is 15.1. The van der Waals surface area contributed by atoms with E-state index in [-0.39, 0.29) is 24.2 Å². The Hall–Kier alpha value is -1.67. The molecule has 2 saturated heterocycles. The van der Waals surface area contributed by atoms with Gasteiger partial charge in [0.25, 0.3) is 0 Å². The molecule has 2 aliphatic heterocycles. The minimum Gasteiger partial charge on any atom is -0.480 e. The van der Waals surface area contributed by atoms with Gasteiger partial charge in [-0.25, -0.2) is 4.79 Å². The van der Waals surface area contributed by atoms with E-state index in [1.54, 1.807) is 4.90 Å². The summed E-state index contributed by atoms with van der Waals surface area (Å²) in [6, 6.07) is -0.898. The Morgan fingerprint density at radius 2 is 1.96 bits per heavy atom. The highest BCUT2D eigenvalue weighted by molar-refractivity contribution is 5.91. The molecule has 142 valence electrons. The third-order valence-corrected chi connectivity index (χ3v) is 4.70. The van der Waals surface area contributed by atoms with Gasteiger partial charge in [0.15, 0.2) is 0 Å². The molecule has 2 aliphatic rings. The number of amides is 2. The second-order valence-corrected chi connectivity index (χ2v) is 7.22. The molecule has 2 N–H and O–H groups in total. The molecule has 1 unspecified atom stereocenters. The molecule has 0 aromatic rings. The van der Waals surface area contributed by atoms with Crippen molar-refractivity contribution in [2.75, 3.05) is 45.9 Å². The Kier molecular flexibility index (Phi) is 7.19. The summed E-state index contributed by atoms with van der Waals surface area (Å²) in [6.45, 7) is 8.71. The second-order valence-electron chi connectivity index (χ2n) is 7.22. The molecule has 0 radical (unpaired) electrons. The van der Waals surface area contributed by atoms with E-state index < -0.39 is 17.9 Å². The van der Waals surface area contributed by atoms with E-state index in [1.165, 1.54) is 0 Å². The average Bonchev–Trinajstić information content (AvgIpc) is 2.94. The number of rotatable bonds is 8. The van der Waals surface area contributed by atoms with Gasteiger partial charge in [-0.05, 0) is 12.3 Å². The van der Waals surface area contributed by atoms with Gasteiger partial charge in [-0.15, -0.1) is 0 Å². The van der Waals surface area contributed by atoms with Crippen LogP contribution in [0.2, 0.25) is 0 Å². The van der Waals surface area contributed by atoms with Crippen molar-refractivity contribution in [3.8, 4) is 0 Å². The van der Waals surface area contributed by atoms with Crippen molar-refractivity contribution in [1.29, 1.82) is 0 Å². The monoisotopic (exact) mass is 355 g/mol. The lowest BCUT2D eigenvalue weighted by Crippen LogP contribution is -2.45. The van der Waals surface area contributed by atoms with Crippen LogP contribution in [0, 0.1) is 11.8 Å². The Bertz CT molecular complexity index is 491. The highest BCUT2D eigenvalue weighted by atomic mass is 16.5. The van der Waals surface area contributed by atoms with E-state index in [2.05, 4.69) is 10.2 Å². The van der Waals surface area contributed by atoms with Gasteiger partial charge >= 0.3 is 5.97 Å². The molecule has 0 aliphatic carbocycles. The van der Waals surface area contributed by atoms with Crippen molar-refractivity contribution in [3.05, 3.63) is 0 Å². The van der Waals surface area contributed by atoms with Crippen LogP contribution >= 0.6 is 0 Å². The maximum Gasteiger partial charge on any atom is 0.326 e. The first-order chi connectivity index (χ1) is 11.9. The smallest absolute Gasteiger partial charge is 0.326 e. The summed E-state index contributed by atoms with van der Waals surface area (Å²) < 4.78 is 5.30. The van der Waals surface area contributed by atoms with Gasteiger partial charge in [0, 0.05) is 39.1 Å². The highest BCUT2D eigenvalue weighted by Gasteiger charge is 2.36. The van der Waals surface area contributed by atoms with Crippen LogP contribution in [0.25, 0.3) is 0 Å². The molecule has 0 bridgehead atoms. The van der Waals surface area contributed by atoms with Gasteiger partial charge < -0.3 is 20.1 Å². The topological polar surface area (TPSA) is 99.2 Å². The first-order valence-electron chi connectivity index (χ1n) is 8.98. The fraction of sp³-hybridized carbons (Fsp3) is 0.824. The van der Waals surface area contributed by atoms with E-state index in [0.717, 1.165) is 19.6 Å². The molecule has 0 aromatic carbocycles. The molecular weight excluding hydrogens is 326 g/mol. The van der Waals surface area contributed by atoms with E-state index in [1.807, 2.05) is 13.8 Å². The molecule has 0 aromatic heterocycles. The van der Waals surface area contributed by atoms with Crippen LogP contribution in [0.5, 0.6) is 0 Å². The lowest BCUT2D eigenvalue weighted by Gasteiger charge is -2.28. The summed E-state index contributed by atoms with van der Waals surface area (Å²) in [7, 11) is 0. The average molecular weight is 355 g/mol. The van der Waals surface area contributed by atoms with Gasteiger partial charge in [0.2, 0.25) is 11.8 Å². The summed E-state index contributed by atoms with van der Waals surface area (Å²) >= 11 is 0. The quantitative estimate of drug-likeness (QED) is 0.625. The number of nitrogens with zero attached hydrogens (tertiary/aromatic N) is 2. The zero-order chi connectivity index (χ0) is 18.4. The minimum absolute atomic E-state index is 0.0378. The number of carboxylic acids is 1. The van der Waals surface area contributed by atoms with Crippen molar-refractivity contribution >= 4 is 17.8 Å². The molecule has 0 spiro atoms. The van der Waals surface area contributed by atoms with Crippen molar-refractivity contribution in [2.24, 2.45) is 11.8 Å². The fourth-order valence-electron chi connectivity index (χ4n) is 3.23. The number of ether oxygens (including phenoxy) is 1. The van der Waals surface area contributed by atoms with E-state index in [9.17, 15) is 19.5 Å². The number of likely N-dealkylation sites (tertiary alicyclic amines) is 1. The molecular formula is C17H29N3O5. The fourth-order valence-corrected chi connectivity index (χ4v) is 3.23. The summed E-state index contributed by atoms with van der Waals surface area (Å²) in [5.74, 6) is -1.71. The molecule has 2 atom stereocenters. The Labute approximate surface area is 148 Å². The molecule has 8 nitrogen and oxygen atoms in total. The van der Waals surface area contributed by atoms with Crippen LogP contribution in [0.1, 0.15) is 26.7 Å². The van der Waals surface area contributed by atoms with Gasteiger partial charge in [0.05, 0.1) is 19.1 Å². The normalized spacial score (nSPS) is 23.1. The third kappa shape index (κ3) is 5.97. The van der Waals surface area contributed by atoms with Gasteiger partial charge in [-0.1, -0.05) is 13.8 Å². The molecule has 8 heteroatoms. The van der Waals surface area contributed by atoms with Crippen LogP contribution in [0.4, 0.5) is 0 Å². The van der Waals surface area contributed by atoms with Crippen molar-refractivity contribution < 1.29 is 24.2 Å². The summed E-state index contributed by atoms with van der Waals surface area (Å²) in [4.78, 5) is 39.7. The van der Waals surface area contributed by atoms with E-state index >= 15 is 0 Å². The van der Waals surface area contributed by atoms with Crippen molar-refractivity contribution in [3.63, 3.8) is 0 Å². The number of nitrogens with one attached hydrogen (secondary N) is 1. The third-order valence-electron chi connectivity index (χ3n) is 4.70. The number of morpholine rings is 1. The Balaban J connectivity index is 1.81. The van der Waals surface area contributed by atoms with E-state index in [4.69, 9.17) is 4.74 Å². The number of carboxylic acid groups (broad SMARTS) is 1. The van der Waals surface area contributed by atoms with Crippen LogP contribution in [0.15, 0.2) is 0 Å². The summed E-state index contributed by atoms with van der Waals surface area (Å²) in [5.41, 5.74) is 0. The SMILES string of the molecule is CC(C)C[C@@H](NC(=O)C1CC(=O)N(CCN2CCOCC2)C1)C(=O)O.